The number of carboxylic acids is 1. The first kappa shape index (κ1) is 40.4. The number of carbonyl (C=O) groups is 1. The van der Waals surface area contributed by atoms with Crippen molar-refractivity contribution in [2.24, 2.45) is 5.92 Å². The summed E-state index contributed by atoms with van der Waals surface area (Å²) in [5.74, 6) is -0.648. The molecule has 0 heterocycles. The van der Waals surface area contributed by atoms with Crippen LogP contribution in [0.5, 0.6) is 0 Å². The van der Waals surface area contributed by atoms with Gasteiger partial charge in [0.1, 0.15) is 0 Å². The predicted octanol–water partition coefficient (Wildman–Crippen LogP) is 13.0. The highest BCUT2D eigenvalue weighted by atomic mass is 16.4. The minimum Gasteiger partial charge on any atom is -0.479 e. The van der Waals surface area contributed by atoms with Crippen LogP contribution < -0.4 is 0 Å². The topological polar surface area (TPSA) is 57.5 Å². The average molecular weight is 581 g/mol. The minimum atomic E-state index is -1.54. The maximum atomic E-state index is 12.2. The molecule has 0 aromatic rings. The van der Waals surface area contributed by atoms with Gasteiger partial charge >= 0.3 is 5.97 Å². The molecule has 246 valence electrons. The van der Waals surface area contributed by atoms with Gasteiger partial charge in [0.15, 0.2) is 5.60 Å². The Kier molecular flexibility index (Phi) is 30.4. The summed E-state index contributed by atoms with van der Waals surface area (Å²) in [7, 11) is 0. The summed E-state index contributed by atoms with van der Waals surface area (Å²) in [6, 6.07) is 0. The molecule has 0 rings (SSSR count). The van der Waals surface area contributed by atoms with Gasteiger partial charge in [0.05, 0.1) is 0 Å². The standard InChI is InChI=1S/C38H76O3/c1-4-7-10-13-16-18-19-20-21-22-23-25-28-31-34-38(41,37(39)40)35-36(32-29-26-15-12-9-6-3)33-30-27-24-17-14-11-8-5-2/h36,41H,4-35H2,1-3H3,(H,39,40). The first-order chi connectivity index (χ1) is 20.0. The van der Waals surface area contributed by atoms with Crippen LogP contribution in [0.4, 0.5) is 0 Å². The van der Waals surface area contributed by atoms with E-state index in [0.29, 0.717) is 18.8 Å². The van der Waals surface area contributed by atoms with E-state index in [1.807, 2.05) is 0 Å². The Morgan fingerprint density at radius 1 is 0.463 bits per heavy atom. The largest absolute Gasteiger partial charge is 0.479 e. The molecule has 0 aromatic carbocycles. The van der Waals surface area contributed by atoms with E-state index < -0.39 is 11.6 Å². The third-order valence-electron chi connectivity index (χ3n) is 9.40. The van der Waals surface area contributed by atoms with Crippen molar-refractivity contribution in [3.05, 3.63) is 0 Å². The molecule has 0 aliphatic rings. The van der Waals surface area contributed by atoms with Gasteiger partial charge in [-0.05, 0) is 25.2 Å². The average Bonchev–Trinajstić information content (AvgIpc) is 2.96. The molecule has 2 atom stereocenters. The van der Waals surface area contributed by atoms with Gasteiger partial charge in [-0.25, -0.2) is 4.79 Å². The Balaban J connectivity index is 4.32. The number of rotatable bonds is 34. The molecule has 0 aliphatic heterocycles. The van der Waals surface area contributed by atoms with Crippen LogP contribution in [0.15, 0.2) is 0 Å². The SMILES string of the molecule is CCCCCCCCCCCCCCCCC(O)(CC(CCCCCCCC)CCCCCCCCCC)C(=O)O. The molecule has 0 fully saturated rings. The predicted molar refractivity (Wildman–Crippen MR) is 181 cm³/mol. The molecule has 0 radical (unpaired) electrons. The van der Waals surface area contributed by atoms with E-state index in [1.54, 1.807) is 0 Å². The van der Waals surface area contributed by atoms with Crippen LogP contribution in [-0.4, -0.2) is 21.8 Å². The molecule has 0 saturated heterocycles. The summed E-state index contributed by atoms with van der Waals surface area (Å²) in [5.41, 5.74) is -1.54. The Bertz CT molecular complexity index is 534. The van der Waals surface area contributed by atoms with Gasteiger partial charge in [0.25, 0.3) is 0 Å². The van der Waals surface area contributed by atoms with Crippen molar-refractivity contribution >= 4 is 5.97 Å². The van der Waals surface area contributed by atoms with E-state index in [4.69, 9.17) is 0 Å². The van der Waals surface area contributed by atoms with E-state index >= 15 is 0 Å². The summed E-state index contributed by atoms with van der Waals surface area (Å²) >= 11 is 0. The lowest BCUT2D eigenvalue weighted by molar-refractivity contribution is -0.161. The zero-order chi connectivity index (χ0) is 30.3. The number of aliphatic hydroxyl groups is 1. The molecule has 0 bridgehead atoms. The second kappa shape index (κ2) is 30.9. The van der Waals surface area contributed by atoms with Gasteiger partial charge < -0.3 is 10.2 Å². The van der Waals surface area contributed by atoms with E-state index in [0.717, 1.165) is 25.7 Å². The number of aliphatic carboxylic acids is 1. The van der Waals surface area contributed by atoms with Crippen LogP contribution in [0.3, 0.4) is 0 Å². The maximum absolute atomic E-state index is 12.2. The molecule has 3 heteroatoms. The smallest absolute Gasteiger partial charge is 0.335 e. The zero-order valence-electron chi connectivity index (χ0n) is 28.5. The summed E-state index contributed by atoms with van der Waals surface area (Å²) in [6.45, 7) is 6.80. The van der Waals surface area contributed by atoms with Crippen LogP contribution in [0.25, 0.3) is 0 Å². The Morgan fingerprint density at radius 3 is 1.02 bits per heavy atom. The second-order valence-electron chi connectivity index (χ2n) is 13.6. The highest BCUT2D eigenvalue weighted by Gasteiger charge is 2.37. The third-order valence-corrected chi connectivity index (χ3v) is 9.40. The lowest BCUT2D eigenvalue weighted by Gasteiger charge is -2.29. The van der Waals surface area contributed by atoms with Crippen LogP contribution >= 0.6 is 0 Å². The van der Waals surface area contributed by atoms with Crippen LogP contribution in [-0.2, 0) is 4.79 Å². The lowest BCUT2D eigenvalue weighted by atomic mass is 9.81. The summed E-state index contributed by atoms with van der Waals surface area (Å²) < 4.78 is 0. The normalized spacial score (nSPS) is 13.9. The van der Waals surface area contributed by atoms with E-state index in [9.17, 15) is 15.0 Å². The first-order valence-electron chi connectivity index (χ1n) is 19.0. The fourth-order valence-electron chi connectivity index (χ4n) is 6.51. The Labute approximate surface area is 258 Å². The van der Waals surface area contributed by atoms with Crippen molar-refractivity contribution < 1.29 is 15.0 Å². The van der Waals surface area contributed by atoms with Gasteiger partial charge in [0.2, 0.25) is 0 Å². The molecule has 0 spiro atoms. The Morgan fingerprint density at radius 2 is 0.732 bits per heavy atom. The monoisotopic (exact) mass is 581 g/mol. The highest BCUT2D eigenvalue weighted by Crippen LogP contribution is 2.31. The van der Waals surface area contributed by atoms with E-state index in [2.05, 4.69) is 20.8 Å². The van der Waals surface area contributed by atoms with Gasteiger partial charge in [0, 0.05) is 0 Å². The highest BCUT2D eigenvalue weighted by molar-refractivity contribution is 5.77. The van der Waals surface area contributed by atoms with Gasteiger partial charge in [-0.15, -0.1) is 0 Å². The first-order valence-corrected chi connectivity index (χ1v) is 19.0. The van der Waals surface area contributed by atoms with Crippen LogP contribution in [0.1, 0.15) is 226 Å². The third kappa shape index (κ3) is 26.8. The zero-order valence-corrected chi connectivity index (χ0v) is 28.5. The van der Waals surface area contributed by atoms with Gasteiger partial charge in [-0.1, -0.05) is 207 Å². The molecule has 0 saturated carbocycles. The molecule has 0 aliphatic carbocycles. The molecular weight excluding hydrogens is 504 g/mol. The van der Waals surface area contributed by atoms with Gasteiger partial charge in [-0.2, -0.15) is 0 Å². The fourth-order valence-corrected chi connectivity index (χ4v) is 6.51. The van der Waals surface area contributed by atoms with Crippen molar-refractivity contribution in [1.82, 2.24) is 0 Å². The van der Waals surface area contributed by atoms with Crippen molar-refractivity contribution in [1.29, 1.82) is 0 Å². The van der Waals surface area contributed by atoms with Gasteiger partial charge in [-0.3, -0.25) is 0 Å². The summed E-state index contributed by atoms with van der Waals surface area (Å²) in [4.78, 5) is 12.2. The molecule has 3 nitrogen and oxygen atoms in total. The quantitative estimate of drug-likeness (QED) is 0.0744. The van der Waals surface area contributed by atoms with Crippen LogP contribution in [0.2, 0.25) is 0 Å². The Hall–Kier alpha value is -0.570. The fraction of sp³-hybridized carbons (Fsp3) is 0.974. The second-order valence-corrected chi connectivity index (χ2v) is 13.6. The lowest BCUT2D eigenvalue weighted by Crippen LogP contribution is -2.40. The van der Waals surface area contributed by atoms with Crippen LogP contribution in [0, 0.1) is 5.92 Å². The molecular formula is C38H76O3. The number of hydrogen-bond donors (Lipinski definition) is 2. The van der Waals surface area contributed by atoms with Crippen molar-refractivity contribution in [2.45, 2.75) is 232 Å². The summed E-state index contributed by atoms with van der Waals surface area (Å²) in [5, 5.41) is 21.3. The molecule has 0 amide bonds. The van der Waals surface area contributed by atoms with E-state index in [1.165, 1.54) is 167 Å². The number of unbranched alkanes of at least 4 members (excludes halogenated alkanes) is 25. The molecule has 0 aromatic heterocycles. The van der Waals surface area contributed by atoms with Crippen molar-refractivity contribution in [3.8, 4) is 0 Å². The van der Waals surface area contributed by atoms with Crippen molar-refractivity contribution in [2.75, 3.05) is 0 Å². The molecule has 41 heavy (non-hydrogen) atoms. The number of hydrogen-bond acceptors (Lipinski definition) is 2. The summed E-state index contributed by atoms with van der Waals surface area (Å²) in [6.07, 6.45) is 39.2. The van der Waals surface area contributed by atoms with E-state index in [-0.39, 0.29) is 0 Å². The minimum absolute atomic E-state index is 0.342. The maximum Gasteiger partial charge on any atom is 0.335 e. The van der Waals surface area contributed by atoms with Crippen molar-refractivity contribution in [3.63, 3.8) is 0 Å². The number of carboxylic acid groups (broad SMARTS) is 1. The molecule has 2 N–H and O–H groups in total. The molecule has 2 unspecified atom stereocenters.